The quantitative estimate of drug-likeness (QED) is 0.147. The molecule has 3 N–H and O–H groups in total. The van der Waals surface area contributed by atoms with E-state index in [1.54, 1.807) is 21.4 Å². The van der Waals surface area contributed by atoms with E-state index in [2.05, 4.69) is 15.3 Å². The van der Waals surface area contributed by atoms with Crippen molar-refractivity contribution in [1.82, 2.24) is 29.6 Å². The molecule has 4 aromatic heterocycles. The molecule has 0 aliphatic carbocycles. The Balaban J connectivity index is 1.04. The van der Waals surface area contributed by atoms with Crippen molar-refractivity contribution >= 4 is 29.2 Å². The Kier molecular flexibility index (Phi) is 10.9. The molecule has 12 nitrogen and oxygen atoms in total. The number of imidazole rings is 1. The van der Waals surface area contributed by atoms with Gasteiger partial charge in [0.1, 0.15) is 22.9 Å². The monoisotopic (exact) mass is 762 g/mol. The van der Waals surface area contributed by atoms with Gasteiger partial charge in [0.2, 0.25) is 11.8 Å². The summed E-state index contributed by atoms with van der Waals surface area (Å²) in [6, 6.07) is 7.30. The third-order valence-electron chi connectivity index (χ3n) is 10.5. The number of carbonyl (C=O) groups excluding carboxylic acids is 3. The van der Waals surface area contributed by atoms with Crippen molar-refractivity contribution in [2.24, 2.45) is 5.73 Å². The number of nitrogens with zero attached hydrogens (tertiary/aromatic N) is 6. The number of imide groups is 1. The molecule has 1 atom stereocenters. The van der Waals surface area contributed by atoms with Crippen LogP contribution >= 0.6 is 0 Å². The molecule has 0 saturated carbocycles. The molecule has 1 unspecified atom stereocenters. The highest BCUT2D eigenvalue weighted by molar-refractivity contribution is 6.01. The molecule has 3 saturated heterocycles. The van der Waals surface area contributed by atoms with Crippen LogP contribution in [0, 0.1) is 5.82 Å². The van der Waals surface area contributed by atoms with Crippen molar-refractivity contribution < 1.29 is 36.7 Å². The Labute approximate surface area is 314 Å². The summed E-state index contributed by atoms with van der Waals surface area (Å²) in [6.45, 7) is 5.63. The number of fused-ring (bicyclic) bond motifs is 1. The van der Waals surface area contributed by atoms with E-state index in [0.29, 0.717) is 86.5 Å². The number of nitrogens with one attached hydrogen (secondary N) is 1. The number of alkyl halides is 2. The van der Waals surface area contributed by atoms with Crippen LogP contribution in [-0.2, 0) is 9.59 Å². The highest BCUT2D eigenvalue weighted by Crippen LogP contribution is 2.38. The summed E-state index contributed by atoms with van der Waals surface area (Å²) in [5, 5.41) is 2.28. The number of anilines is 1. The van der Waals surface area contributed by atoms with Gasteiger partial charge in [-0.2, -0.15) is 0 Å². The summed E-state index contributed by atoms with van der Waals surface area (Å²) in [5.74, 6) is -2.64. The first-order valence-electron chi connectivity index (χ1n) is 18.5. The van der Waals surface area contributed by atoms with E-state index in [9.17, 15) is 23.2 Å². The summed E-state index contributed by atoms with van der Waals surface area (Å²) in [6.07, 6.45) is 2.46. The fourth-order valence-corrected chi connectivity index (χ4v) is 7.68. The van der Waals surface area contributed by atoms with Crippen molar-refractivity contribution in [3.8, 4) is 17.1 Å². The fourth-order valence-electron chi connectivity index (χ4n) is 7.68. The number of pyridine rings is 3. The highest BCUT2D eigenvalue weighted by Gasteiger charge is 2.32. The molecule has 7 heterocycles. The van der Waals surface area contributed by atoms with Gasteiger partial charge in [0.25, 0.3) is 12.3 Å². The third-order valence-corrected chi connectivity index (χ3v) is 10.5. The second-order valence-corrected chi connectivity index (χ2v) is 14.5. The molecule has 3 aliphatic rings. The van der Waals surface area contributed by atoms with Crippen LogP contribution in [0.1, 0.15) is 97.9 Å². The molecule has 0 aromatic carbocycles. The lowest BCUT2D eigenvalue weighted by molar-refractivity contribution is -0.134. The SMILES string of the molecule is CC(C)Oc1cc2nc(C3CCN(CC(F)=C4CCN(c5ncc(C6CCC(=O)NC6=O)cc5F)CC4)CC3)c(-c3cccc(C(F)F)n3)n2cc1C(N)=O. The van der Waals surface area contributed by atoms with Crippen LogP contribution < -0.4 is 20.7 Å². The number of likely N-dealkylation sites (tertiary alicyclic amines) is 1. The number of hydrogen-bond donors (Lipinski definition) is 2. The summed E-state index contributed by atoms with van der Waals surface area (Å²) in [5.41, 5.74) is 8.37. The van der Waals surface area contributed by atoms with E-state index in [0.717, 1.165) is 0 Å². The molecular weight excluding hydrogens is 720 g/mol. The van der Waals surface area contributed by atoms with E-state index in [1.807, 2.05) is 18.7 Å². The molecule has 7 rings (SSSR count). The number of primary amides is 1. The van der Waals surface area contributed by atoms with Gasteiger partial charge in [-0.15, -0.1) is 0 Å². The van der Waals surface area contributed by atoms with Crippen LogP contribution in [0.2, 0.25) is 0 Å². The van der Waals surface area contributed by atoms with Crippen LogP contribution in [0.4, 0.5) is 23.4 Å². The second kappa shape index (κ2) is 15.8. The molecule has 0 bridgehead atoms. The van der Waals surface area contributed by atoms with Gasteiger partial charge < -0.3 is 15.4 Å². The Morgan fingerprint density at radius 2 is 1.78 bits per heavy atom. The van der Waals surface area contributed by atoms with Gasteiger partial charge in [-0.1, -0.05) is 6.07 Å². The van der Waals surface area contributed by atoms with E-state index < -0.39 is 30.0 Å². The maximum Gasteiger partial charge on any atom is 0.280 e. The molecule has 0 spiro atoms. The van der Waals surface area contributed by atoms with Gasteiger partial charge in [-0.05, 0) is 88.4 Å². The van der Waals surface area contributed by atoms with Gasteiger partial charge in [0.05, 0.1) is 41.2 Å². The predicted molar refractivity (Wildman–Crippen MR) is 195 cm³/mol. The largest absolute Gasteiger partial charge is 0.490 e. The van der Waals surface area contributed by atoms with Crippen molar-refractivity contribution in [2.75, 3.05) is 37.6 Å². The minimum Gasteiger partial charge on any atom is -0.490 e. The standard InChI is InChI=1S/C39H42F4N8O4/c1-21(2)55-31-17-32-47-34(35(51(32)19-26(31)37(44)53)29-4-3-5-30(46-29)36(42)43)23-8-12-49(13-9-23)20-28(41)22-10-14-50(15-11-22)38-27(40)16-24(18-45-38)25-6-7-33(52)48-39(25)54/h3-5,16-19,21,23,25,36H,6-15,20H2,1-2H3,(H2,44,53)(H,48,52,54). The number of amides is 3. The normalized spacial score (nSPS) is 18.7. The molecule has 3 fully saturated rings. The summed E-state index contributed by atoms with van der Waals surface area (Å²) < 4.78 is 65.9. The van der Waals surface area contributed by atoms with Crippen molar-refractivity contribution in [1.29, 1.82) is 0 Å². The number of rotatable bonds is 10. The van der Waals surface area contributed by atoms with Gasteiger partial charge in [-0.25, -0.2) is 32.5 Å². The lowest BCUT2D eigenvalue weighted by atomic mass is 9.91. The molecular formula is C39H42F4N8O4. The fraction of sp³-hybridized carbons (Fsp3) is 0.436. The first-order chi connectivity index (χ1) is 26.4. The maximum absolute atomic E-state index is 15.7. The molecule has 4 aromatic rings. The van der Waals surface area contributed by atoms with Crippen molar-refractivity contribution in [3.63, 3.8) is 0 Å². The average Bonchev–Trinajstić information content (AvgIpc) is 3.53. The lowest BCUT2D eigenvalue weighted by Crippen LogP contribution is -2.39. The van der Waals surface area contributed by atoms with Gasteiger partial charge in [0.15, 0.2) is 11.6 Å². The zero-order chi connectivity index (χ0) is 39.0. The van der Waals surface area contributed by atoms with Crippen LogP contribution in [-0.4, -0.2) is 80.8 Å². The highest BCUT2D eigenvalue weighted by atomic mass is 19.3. The van der Waals surface area contributed by atoms with Crippen molar-refractivity contribution in [2.45, 2.75) is 76.7 Å². The molecule has 290 valence electrons. The Hall–Kier alpha value is -5.38. The lowest BCUT2D eigenvalue weighted by Gasteiger charge is -2.33. The minimum atomic E-state index is -2.79. The molecule has 55 heavy (non-hydrogen) atoms. The number of nitrogens with two attached hydrogens (primary N) is 1. The van der Waals surface area contributed by atoms with E-state index in [-0.39, 0.29) is 65.2 Å². The maximum atomic E-state index is 15.7. The number of hydrogen-bond acceptors (Lipinski definition) is 9. The van der Waals surface area contributed by atoms with Crippen LogP contribution in [0.3, 0.4) is 0 Å². The molecule has 16 heteroatoms. The molecule has 3 amide bonds. The number of aromatic nitrogens is 4. The summed E-state index contributed by atoms with van der Waals surface area (Å²) in [4.78, 5) is 53.5. The first kappa shape index (κ1) is 37.9. The summed E-state index contributed by atoms with van der Waals surface area (Å²) >= 11 is 0. The number of ether oxygens (including phenoxy) is 1. The second-order valence-electron chi connectivity index (χ2n) is 14.5. The molecule has 3 aliphatic heterocycles. The zero-order valence-electron chi connectivity index (χ0n) is 30.5. The minimum absolute atomic E-state index is 0.114. The first-order valence-corrected chi connectivity index (χ1v) is 18.5. The number of piperidine rings is 3. The summed E-state index contributed by atoms with van der Waals surface area (Å²) in [7, 11) is 0. The van der Waals surface area contributed by atoms with Gasteiger partial charge in [0, 0.05) is 43.9 Å². The Bertz CT molecular complexity index is 2150. The van der Waals surface area contributed by atoms with E-state index in [1.165, 1.54) is 30.6 Å². The van der Waals surface area contributed by atoms with Crippen molar-refractivity contribution in [3.05, 3.63) is 82.5 Å². The van der Waals surface area contributed by atoms with Crippen LogP contribution in [0.25, 0.3) is 17.0 Å². The van der Waals surface area contributed by atoms with Gasteiger partial charge in [-0.3, -0.25) is 29.0 Å². The van der Waals surface area contributed by atoms with E-state index >= 15 is 8.78 Å². The number of halogens is 4. The van der Waals surface area contributed by atoms with Crippen LogP contribution in [0.5, 0.6) is 5.75 Å². The van der Waals surface area contributed by atoms with E-state index in [4.69, 9.17) is 15.5 Å². The predicted octanol–water partition coefficient (Wildman–Crippen LogP) is 5.98. The average molecular weight is 763 g/mol. The smallest absolute Gasteiger partial charge is 0.280 e. The number of carbonyl (C=O) groups is 3. The zero-order valence-corrected chi connectivity index (χ0v) is 30.5. The van der Waals surface area contributed by atoms with Gasteiger partial charge >= 0.3 is 0 Å². The topological polar surface area (TPSA) is 148 Å². The Morgan fingerprint density at radius 3 is 2.44 bits per heavy atom. The molecule has 0 radical (unpaired) electrons. The Morgan fingerprint density at radius 1 is 1.04 bits per heavy atom. The third kappa shape index (κ3) is 8.04. The van der Waals surface area contributed by atoms with Crippen LogP contribution in [0.15, 0.2) is 54.1 Å².